The van der Waals surface area contributed by atoms with Crippen molar-refractivity contribution in [1.29, 1.82) is 5.41 Å². The number of carbonyl (C=O) groups is 3. The maximum absolute atomic E-state index is 12.6. The van der Waals surface area contributed by atoms with Gasteiger partial charge in [0.25, 0.3) is 5.91 Å². The van der Waals surface area contributed by atoms with Crippen LogP contribution in [0, 0.1) is 5.41 Å². The number of cyclic esters (lactones) is 1. The molecule has 11 heteroatoms. The van der Waals surface area contributed by atoms with Gasteiger partial charge in [0.2, 0.25) is 0 Å². The minimum absolute atomic E-state index is 0.0589. The summed E-state index contributed by atoms with van der Waals surface area (Å²) in [5.41, 5.74) is 1.49. The summed E-state index contributed by atoms with van der Waals surface area (Å²) in [5.74, 6) is -0.282. The number of ether oxygens (including phenoxy) is 3. The lowest BCUT2D eigenvalue weighted by atomic mass is 10.1. The Bertz CT molecular complexity index is 1160. The normalized spacial score (nSPS) is 18.1. The van der Waals surface area contributed by atoms with Crippen LogP contribution in [0.3, 0.4) is 0 Å². The number of nitrogens with one attached hydrogen (secondary N) is 2. The van der Waals surface area contributed by atoms with Crippen LogP contribution in [-0.4, -0.2) is 99.2 Å². The molecule has 0 spiro atoms. The maximum atomic E-state index is 12.6. The minimum Gasteiger partial charge on any atom is -0.496 e. The van der Waals surface area contributed by atoms with Crippen LogP contribution in [0.4, 0.5) is 10.5 Å². The van der Waals surface area contributed by atoms with E-state index in [1.807, 2.05) is 0 Å². The third-order valence-corrected chi connectivity index (χ3v) is 6.52. The molecule has 2 aromatic carbocycles. The molecular weight excluding hydrogens is 490 g/mol. The van der Waals surface area contributed by atoms with Gasteiger partial charge in [-0.1, -0.05) is 12.1 Å². The first-order valence-corrected chi connectivity index (χ1v) is 12.6. The van der Waals surface area contributed by atoms with E-state index in [9.17, 15) is 14.4 Å². The molecule has 0 aliphatic carbocycles. The van der Waals surface area contributed by atoms with Gasteiger partial charge >= 0.3 is 12.1 Å². The third kappa shape index (κ3) is 6.67. The fraction of sp³-hybridized carbons (Fsp3) is 0.407. The van der Waals surface area contributed by atoms with E-state index in [4.69, 9.17) is 19.6 Å². The molecule has 38 heavy (non-hydrogen) atoms. The predicted molar refractivity (Wildman–Crippen MR) is 141 cm³/mol. The number of piperazine rings is 1. The number of rotatable bonds is 9. The standard InChI is InChI=1S/C27H33N5O6/c1-3-37-24(33)18-31-14-12-30(13-15-31)16-21-17-32(27(35)38-21)20-10-8-19(9-11-20)25(28)29-26(34)22-6-4-5-7-23(22)36-2/h4-11,21H,3,12-18H2,1-2H3,(H2,28,29,34). The number of para-hydroxylation sites is 1. The van der Waals surface area contributed by atoms with Crippen LogP contribution in [0.15, 0.2) is 48.5 Å². The highest BCUT2D eigenvalue weighted by Gasteiger charge is 2.34. The van der Waals surface area contributed by atoms with Crippen LogP contribution in [0.25, 0.3) is 0 Å². The van der Waals surface area contributed by atoms with Crippen LogP contribution >= 0.6 is 0 Å². The molecule has 2 heterocycles. The van der Waals surface area contributed by atoms with Gasteiger partial charge in [0.05, 0.1) is 32.4 Å². The number of hydrogen-bond acceptors (Lipinski definition) is 9. The number of amidine groups is 1. The topological polar surface area (TPSA) is 125 Å². The second kappa shape index (κ2) is 12.5. The van der Waals surface area contributed by atoms with Crippen molar-refractivity contribution in [3.8, 4) is 5.75 Å². The Morgan fingerprint density at radius 3 is 2.42 bits per heavy atom. The Labute approximate surface area is 221 Å². The molecule has 202 valence electrons. The van der Waals surface area contributed by atoms with Gasteiger partial charge in [-0.05, 0) is 43.3 Å². The SMILES string of the molecule is CCOC(=O)CN1CCN(CC2CN(c3ccc(C(=N)NC(=O)c4ccccc4OC)cc3)C(=O)O2)CC1. The van der Waals surface area contributed by atoms with E-state index in [0.717, 1.165) is 26.2 Å². The molecule has 1 unspecified atom stereocenters. The summed E-state index contributed by atoms with van der Waals surface area (Å²) < 4.78 is 15.8. The van der Waals surface area contributed by atoms with Crippen LogP contribution in [0.5, 0.6) is 5.75 Å². The summed E-state index contributed by atoms with van der Waals surface area (Å²) in [6.07, 6.45) is -0.680. The largest absolute Gasteiger partial charge is 0.496 e. The molecule has 4 rings (SSSR count). The molecule has 0 saturated carbocycles. The lowest BCUT2D eigenvalue weighted by Gasteiger charge is -2.34. The Hall–Kier alpha value is -3.96. The maximum Gasteiger partial charge on any atom is 0.414 e. The van der Waals surface area contributed by atoms with Crippen LogP contribution < -0.4 is 15.0 Å². The fourth-order valence-electron chi connectivity index (χ4n) is 4.53. The van der Waals surface area contributed by atoms with E-state index in [0.29, 0.717) is 48.8 Å². The quantitative estimate of drug-likeness (QED) is 0.290. The molecule has 0 bridgehead atoms. The Morgan fingerprint density at radius 1 is 1.05 bits per heavy atom. The van der Waals surface area contributed by atoms with E-state index < -0.39 is 12.0 Å². The molecule has 2 saturated heterocycles. The van der Waals surface area contributed by atoms with Crippen molar-refractivity contribution in [2.45, 2.75) is 13.0 Å². The van der Waals surface area contributed by atoms with Crippen molar-refractivity contribution in [1.82, 2.24) is 15.1 Å². The highest BCUT2D eigenvalue weighted by atomic mass is 16.6. The number of nitrogens with zero attached hydrogens (tertiary/aromatic N) is 3. The van der Waals surface area contributed by atoms with Crippen molar-refractivity contribution < 1.29 is 28.6 Å². The Kier molecular flexibility index (Phi) is 8.93. The van der Waals surface area contributed by atoms with Crippen LogP contribution in [0.1, 0.15) is 22.8 Å². The van der Waals surface area contributed by atoms with E-state index in [1.165, 1.54) is 7.11 Å². The van der Waals surface area contributed by atoms with Gasteiger partial charge in [0.1, 0.15) is 17.7 Å². The monoisotopic (exact) mass is 523 g/mol. The van der Waals surface area contributed by atoms with Gasteiger partial charge in [0.15, 0.2) is 0 Å². The second-order valence-electron chi connectivity index (χ2n) is 9.07. The lowest BCUT2D eigenvalue weighted by Crippen LogP contribution is -2.50. The average molecular weight is 524 g/mol. The summed E-state index contributed by atoms with van der Waals surface area (Å²) in [6, 6.07) is 13.6. The van der Waals surface area contributed by atoms with Crippen molar-refractivity contribution >= 4 is 29.5 Å². The summed E-state index contributed by atoms with van der Waals surface area (Å²) in [5, 5.41) is 10.9. The highest BCUT2D eigenvalue weighted by molar-refractivity contribution is 6.12. The molecule has 2 aromatic rings. The molecule has 2 aliphatic rings. The van der Waals surface area contributed by atoms with Crippen molar-refractivity contribution in [3.05, 3.63) is 59.7 Å². The highest BCUT2D eigenvalue weighted by Crippen LogP contribution is 2.23. The third-order valence-electron chi connectivity index (χ3n) is 6.52. The summed E-state index contributed by atoms with van der Waals surface area (Å²) in [7, 11) is 1.48. The first-order chi connectivity index (χ1) is 18.4. The van der Waals surface area contributed by atoms with Crippen molar-refractivity contribution in [3.63, 3.8) is 0 Å². The second-order valence-corrected chi connectivity index (χ2v) is 9.07. The molecule has 0 radical (unpaired) electrons. The zero-order valence-electron chi connectivity index (χ0n) is 21.6. The Balaban J connectivity index is 1.27. The van der Waals surface area contributed by atoms with Gasteiger partial charge < -0.3 is 19.5 Å². The lowest BCUT2D eigenvalue weighted by molar-refractivity contribution is -0.144. The number of esters is 1. The predicted octanol–water partition coefficient (Wildman–Crippen LogP) is 1.96. The molecule has 1 atom stereocenters. The summed E-state index contributed by atoms with van der Waals surface area (Å²) in [4.78, 5) is 42.7. The van der Waals surface area contributed by atoms with Gasteiger partial charge in [-0.3, -0.25) is 29.7 Å². The molecule has 2 aliphatic heterocycles. The molecule has 2 amide bonds. The van der Waals surface area contributed by atoms with E-state index in [2.05, 4.69) is 15.1 Å². The smallest absolute Gasteiger partial charge is 0.414 e. The first kappa shape index (κ1) is 27.1. The number of anilines is 1. The number of benzene rings is 2. The average Bonchev–Trinajstić information content (AvgIpc) is 3.29. The number of carbonyl (C=O) groups excluding carboxylic acids is 3. The summed E-state index contributed by atoms with van der Waals surface area (Å²) >= 11 is 0. The Morgan fingerprint density at radius 2 is 1.74 bits per heavy atom. The van der Waals surface area contributed by atoms with Crippen molar-refractivity contribution in [2.24, 2.45) is 0 Å². The minimum atomic E-state index is -0.441. The molecule has 2 fully saturated rings. The number of amides is 2. The van der Waals surface area contributed by atoms with Gasteiger partial charge in [0, 0.05) is 44.0 Å². The molecule has 0 aromatic heterocycles. The molecule has 11 nitrogen and oxygen atoms in total. The zero-order valence-corrected chi connectivity index (χ0v) is 21.6. The molecular formula is C27H33N5O6. The van der Waals surface area contributed by atoms with E-state index >= 15 is 0 Å². The van der Waals surface area contributed by atoms with Crippen molar-refractivity contribution in [2.75, 3.05) is 64.4 Å². The zero-order chi connectivity index (χ0) is 27.1. The first-order valence-electron chi connectivity index (χ1n) is 12.6. The van der Waals surface area contributed by atoms with Gasteiger partial charge in [-0.15, -0.1) is 0 Å². The van der Waals surface area contributed by atoms with Crippen LogP contribution in [-0.2, 0) is 14.3 Å². The fourth-order valence-corrected chi connectivity index (χ4v) is 4.53. The van der Waals surface area contributed by atoms with Gasteiger partial charge in [-0.25, -0.2) is 4.79 Å². The number of methoxy groups -OCH3 is 1. The summed E-state index contributed by atoms with van der Waals surface area (Å²) in [6.45, 7) is 6.59. The molecule has 2 N–H and O–H groups in total. The van der Waals surface area contributed by atoms with Crippen LogP contribution in [0.2, 0.25) is 0 Å². The van der Waals surface area contributed by atoms with Gasteiger partial charge in [-0.2, -0.15) is 0 Å². The van der Waals surface area contributed by atoms with E-state index in [1.54, 1.807) is 60.4 Å². The van der Waals surface area contributed by atoms with E-state index in [-0.39, 0.29) is 17.9 Å². The number of hydrogen-bond donors (Lipinski definition) is 2.